The first kappa shape index (κ1) is 26.9. The molecule has 2 heteroatoms. The van der Waals surface area contributed by atoms with Gasteiger partial charge in [0.1, 0.15) is 0 Å². The predicted molar refractivity (Wildman–Crippen MR) is 185 cm³/mol. The van der Waals surface area contributed by atoms with E-state index in [0.717, 1.165) is 25.0 Å². The summed E-state index contributed by atoms with van der Waals surface area (Å²) < 4.78 is 4.64. The van der Waals surface area contributed by atoms with E-state index in [0.29, 0.717) is 0 Å². The van der Waals surface area contributed by atoms with E-state index < -0.39 is 0 Å². The van der Waals surface area contributed by atoms with E-state index in [1.54, 1.807) is 0 Å². The highest BCUT2D eigenvalue weighted by atomic mass is 15.0. The lowest BCUT2D eigenvalue weighted by molar-refractivity contribution is 0.528. The number of fused-ring (bicyclic) bond motifs is 6. The van der Waals surface area contributed by atoms with Crippen LogP contribution in [0.5, 0.6) is 0 Å². The van der Waals surface area contributed by atoms with E-state index in [-0.39, 0.29) is 5.41 Å². The molecule has 0 atom stereocenters. The summed E-state index contributed by atoms with van der Waals surface area (Å²) in [7, 11) is 0. The monoisotopic (exact) mass is 556 g/mol. The van der Waals surface area contributed by atoms with Crippen LogP contribution in [0.3, 0.4) is 0 Å². The molecule has 0 unspecified atom stereocenters. The van der Waals surface area contributed by atoms with Crippen molar-refractivity contribution >= 4 is 50.2 Å². The van der Waals surface area contributed by atoms with E-state index in [9.17, 15) is 0 Å². The standard InChI is InChI=1S/C41H36N2/c1-5-31(42-37-21-10-6-17-33(37)34-18-7-11-22-38(34)42)27-25-29(2)41(3,4)30-15-14-16-32(28-26-30)43-39-23-12-8-19-35(39)36-20-9-13-24-40(36)43/h1,6,8-14,16-17,19-28H,7,15,18H2,2-4H3/b29-25+,31-27+. The highest BCUT2D eigenvalue weighted by molar-refractivity contribution is 6.10. The van der Waals surface area contributed by atoms with Gasteiger partial charge in [0.05, 0.1) is 27.9 Å². The quantitative estimate of drug-likeness (QED) is 0.151. The van der Waals surface area contributed by atoms with Crippen LogP contribution in [0.25, 0.3) is 50.2 Å². The summed E-state index contributed by atoms with van der Waals surface area (Å²) in [6.45, 7) is 6.86. The summed E-state index contributed by atoms with van der Waals surface area (Å²) in [5.74, 6) is 3.00. The molecule has 0 bridgehead atoms. The largest absolute Gasteiger partial charge is 0.309 e. The Bertz CT molecular complexity index is 2080. The maximum Gasteiger partial charge on any atom is 0.0967 e. The van der Waals surface area contributed by atoms with Crippen molar-refractivity contribution in [3.63, 3.8) is 0 Å². The lowest BCUT2D eigenvalue weighted by Crippen LogP contribution is -2.16. The normalized spacial score (nSPS) is 15.9. The molecule has 3 aromatic carbocycles. The fraction of sp³-hybridized carbons (Fsp3) is 0.171. The predicted octanol–water partition coefficient (Wildman–Crippen LogP) is 10.6. The first-order valence-corrected chi connectivity index (χ1v) is 15.2. The third kappa shape index (κ3) is 4.44. The Balaban J connectivity index is 1.26. The molecule has 5 aromatic rings. The third-order valence-corrected chi connectivity index (χ3v) is 9.45. The van der Waals surface area contributed by atoms with Gasteiger partial charge >= 0.3 is 0 Å². The van der Waals surface area contributed by atoms with Crippen LogP contribution < -0.4 is 0 Å². The molecule has 2 aliphatic rings. The van der Waals surface area contributed by atoms with Crippen LogP contribution in [0.4, 0.5) is 0 Å². The highest BCUT2D eigenvalue weighted by Gasteiger charge is 2.25. The smallest absolute Gasteiger partial charge is 0.0967 e. The van der Waals surface area contributed by atoms with Crippen molar-refractivity contribution in [3.8, 4) is 12.3 Å². The number of rotatable bonds is 5. The Kier molecular flexibility index (Phi) is 6.68. The number of benzene rings is 3. The summed E-state index contributed by atoms with van der Waals surface area (Å²) in [6, 6.07) is 26.0. The average molecular weight is 557 g/mol. The van der Waals surface area contributed by atoms with Crippen molar-refractivity contribution in [2.45, 2.75) is 40.0 Å². The van der Waals surface area contributed by atoms with Gasteiger partial charge in [-0.15, -0.1) is 6.42 Å². The molecule has 0 radical (unpaired) electrons. The van der Waals surface area contributed by atoms with E-state index in [2.05, 4.69) is 157 Å². The van der Waals surface area contributed by atoms with Crippen LogP contribution in [-0.2, 0) is 6.42 Å². The SMILES string of the molecule is C#C/C(=C\C=C(/C)C(C)(C)C1=CC=C(n2c3ccccc3c3ccccc32)C=CC1)n1c2c(c3ccccc31)CCC=C2. The fourth-order valence-electron chi connectivity index (χ4n) is 6.73. The second-order valence-corrected chi connectivity index (χ2v) is 12.1. The van der Waals surface area contributed by atoms with Gasteiger partial charge in [0.2, 0.25) is 0 Å². The number of allylic oxidation sites excluding steroid dienone is 11. The van der Waals surface area contributed by atoms with Gasteiger partial charge < -0.3 is 9.13 Å². The van der Waals surface area contributed by atoms with Crippen LogP contribution in [0.15, 0.2) is 126 Å². The molecule has 0 fully saturated rings. The van der Waals surface area contributed by atoms with Crippen LogP contribution >= 0.6 is 0 Å². The van der Waals surface area contributed by atoms with Crippen LogP contribution in [0.1, 0.15) is 44.9 Å². The Morgan fingerprint density at radius 2 is 1.44 bits per heavy atom. The second kappa shape index (κ2) is 10.7. The zero-order valence-electron chi connectivity index (χ0n) is 25.1. The summed E-state index contributed by atoms with van der Waals surface area (Å²) in [5.41, 5.74) is 10.8. The molecule has 7 rings (SSSR count). The molecular formula is C41H36N2. The minimum absolute atomic E-state index is 0.147. The topological polar surface area (TPSA) is 9.86 Å². The van der Waals surface area contributed by atoms with Gasteiger partial charge in [-0.2, -0.15) is 0 Å². The molecule has 2 aliphatic carbocycles. The van der Waals surface area contributed by atoms with Gasteiger partial charge in [0, 0.05) is 27.3 Å². The number of terminal acetylenes is 1. The molecule has 210 valence electrons. The maximum absolute atomic E-state index is 6.16. The lowest BCUT2D eigenvalue weighted by Gasteiger charge is -2.29. The first-order chi connectivity index (χ1) is 21.0. The minimum Gasteiger partial charge on any atom is -0.309 e. The second-order valence-electron chi connectivity index (χ2n) is 12.1. The van der Waals surface area contributed by atoms with Crippen molar-refractivity contribution in [3.05, 3.63) is 138 Å². The third-order valence-electron chi connectivity index (χ3n) is 9.45. The Morgan fingerprint density at radius 1 is 0.791 bits per heavy atom. The number of nitrogens with zero attached hydrogens (tertiary/aromatic N) is 2. The van der Waals surface area contributed by atoms with Crippen LogP contribution in [0.2, 0.25) is 0 Å². The van der Waals surface area contributed by atoms with Crippen LogP contribution in [-0.4, -0.2) is 9.13 Å². The first-order valence-electron chi connectivity index (χ1n) is 15.2. The highest BCUT2D eigenvalue weighted by Crippen LogP contribution is 2.40. The Labute approximate surface area is 254 Å². The molecule has 43 heavy (non-hydrogen) atoms. The maximum atomic E-state index is 6.16. The molecule has 2 nitrogen and oxygen atoms in total. The molecule has 0 saturated heterocycles. The zero-order chi connectivity index (χ0) is 29.6. The van der Waals surface area contributed by atoms with Crippen molar-refractivity contribution in [1.82, 2.24) is 9.13 Å². The molecule has 0 amide bonds. The summed E-state index contributed by atoms with van der Waals surface area (Å²) in [6.07, 6.45) is 27.2. The molecule has 0 N–H and O–H groups in total. The molecule has 2 heterocycles. The van der Waals surface area contributed by atoms with Gasteiger partial charge in [0.25, 0.3) is 0 Å². The van der Waals surface area contributed by atoms with Gasteiger partial charge in [-0.1, -0.05) is 110 Å². The van der Waals surface area contributed by atoms with Crippen molar-refractivity contribution < 1.29 is 0 Å². The minimum atomic E-state index is -0.147. The summed E-state index contributed by atoms with van der Waals surface area (Å²) >= 11 is 0. The van der Waals surface area contributed by atoms with Crippen molar-refractivity contribution in [2.75, 3.05) is 0 Å². The van der Waals surface area contributed by atoms with Gasteiger partial charge in [-0.3, -0.25) is 0 Å². The fourth-order valence-corrected chi connectivity index (χ4v) is 6.73. The molecular weight excluding hydrogens is 520 g/mol. The number of hydrogen-bond acceptors (Lipinski definition) is 0. The average Bonchev–Trinajstić information content (AvgIpc) is 3.42. The number of aromatic nitrogens is 2. The summed E-state index contributed by atoms with van der Waals surface area (Å²) in [4.78, 5) is 0. The molecule has 0 spiro atoms. The molecule has 0 saturated carbocycles. The Morgan fingerprint density at radius 3 is 2.14 bits per heavy atom. The van der Waals surface area contributed by atoms with E-state index in [1.807, 2.05) is 0 Å². The number of para-hydroxylation sites is 3. The molecule has 0 aliphatic heterocycles. The van der Waals surface area contributed by atoms with E-state index in [4.69, 9.17) is 6.42 Å². The summed E-state index contributed by atoms with van der Waals surface area (Å²) in [5, 5.41) is 3.86. The lowest BCUT2D eigenvalue weighted by atomic mass is 9.76. The number of hydrogen-bond donors (Lipinski definition) is 0. The molecule has 2 aromatic heterocycles. The number of aryl methyl sites for hydroxylation is 1. The van der Waals surface area contributed by atoms with Crippen molar-refractivity contribution in [2.24, 2.45) is 5.41 Å². The van der Waals surface area contributed by atoms with Crippen molar-refractivity contribution in [1.29, 1.82) is 0 Å². The van der Waals surface area contributed by atoms with E-state index >= 15 is 0 Å². The van der Waals surface area contributed by atoms with Gasteiger partial charge in [-0.25, -0.2) is 0 Å². The van der Waals surface area contributed by atoms with Gasteiger partial charge in [0.15, 0.2) is 0 Å². The van der Waals surface area contributed by atoms with E-state index in [1.165, 1.54) is 60.8 Å². The van der Waals surface area contributed by atoms with Crippen LogP contribution in [0, 0.1) is 17.8 Å². The Hall–Kier alpha value is -5.00. The zero-order valence-corrected chi connectivity index (χ0v) is 25.1. The van der Waals surface area contributed by atoms with Gasteiger partial charge in [-0.05, 0) is 74.3 Å².